The maximum atomic E-state index is 13.6. The highest BCUT2D eigenvalue weighted by Crippen LogP contribution is 2.18. The second kappa shape index (κ2) is 12.2. The summed E-state index contributed by atoms with van der Waals surface area (Å²) in [6.45, 7) is 1.93. The largest absolute Gasteiger partial charge is 0.396 e. The Bertz CT molecular complexity index is 1320. The Morgan fingerprint density at radius 1 is 1.00 bits per heavy atom. The van der Waals surface area contributed by atoms with Gasteiger partial charge < -0.3 is 15.7 Å². The zero-order valence-electron chi connectivity index (χ0n) is 20.1. The van der Waals surface area contributed by atoms with E-state index in [-0.39, 0.29) is 36.3 Å². The normalized spacial score (nSPS) is 13.1. The molecule has 0 aliphatic carbocycles. The van der Waals surface area contributed by atoms with Gasteiger partial charge in [0.2, 0.25) is 0 Å². The molecule has 0 unspecified atom stereocenters. The number of carbonyl (C=O) groups excluding carboxylic acids is 1. The van der Waals surface area contributed by atoms with Crippen molar-refractivity contribution in [1.29, 1.82) is 0 Å². The van der Waals surface area contributed by atoms with Crippen molar-refractivity contribution in [3.05, 3.63) is 101 Å². The zero-order chi connectivity index (χ0) is 27.2. The summed E-state index contributed by atoms with van der Waals surface area (Å²) in [5, 5.41) is 10.8. The number of rotatable bonds is 11. The van der Waals surface area contributed by atoms with Crippen LogP contribution in [0.25, 0.3) is 0 Å². The van der Waals surface area contributed by atoms with E-state index in [2.05, 4.69) is 0 Å². The van der Waals surface area contributed by atoms with E-state index in [4.69, 9.17) is 5.73 Å². The highest BCUT2D eigenvalue weighted by Gasteiger charge is 2.24. The first-order valence-electron chi connectivity index (χ1n) is 11.5. The molecule has 0 radical (unpaired) electrons. The van der Waals surface area contributed by atoms with Gasteiger partial charge in [0.25, 0.3) is 5.91 Å². The van der Waals surface area contributed by atoms with Crippen LogP contribution in [-0.4, -0.2) is 43.0 Å². The summed E-state index contributed by atoms with van der Waals surface area (Å²) in [5.41, 5.74) is 8.35. The minimum atomic E-state index is -4.97. The summed E-state index contributed by atoms with van der Waals surface area (Å²) in [6.07, 6.45) is -0.477. The topological polar surface area (TPSA) is 113 Å². The molecule has 4 N–H and O–H groups in total. The van der Waals surface area contributed by atoms with E-state index in [1.54, 1.807) is 4.72 Å². The number of aliphatic hydroxyl groups excluding tert-OH is 1. The van der Waals surface area contributed by atoms with E-state index in [1.165, 1.54) is 29.2 Å². The standard InChI is InChI=1S/C26H28F3N3O4S/c1-2-17-4-3-5-18(10-17)15-32(26(34)20-6-8-23(9-7-20)31-37(29,35)36)16-25(33)24(30)13-19-11-21(27)14-22(28)12-19/h3-12,14,24-25,31,33H,2,13,15-16,30H2,1H3/t24-,25+/m0/s1. The van der Waals surface area contributed by atoms with Gasteiger partial charge in [-0.15, -0.1) is 0 Å². The highest BCUT2D eigenvalue weighted by atomic mass is 32.3. The molecule has 0 saturated carbocycles. The lowest BCUT2D eigenvalue weighted by molar-refractivity contribution is 0.0554. The smallest absolute Gasteiger partial charge is 0.390 e. The number of anilines is 1. The Morgan fingerprint density at radius 3 is 2.22 bits per heavy atom. The van der Waals surface area contributed by atoms with Crippen LogP contribution >= 0.6 is 0 Å². The molecule has 0 fully saturated rings. The fraction of sp³-hybridized carbons (Fsp3) is 0.269. The Balaban J connectivity index is 1.81. The van der Waals surface area contributed by atoms with Crippen molar-refractivity contribution in [3.63, 3.8) is 0 Å². The fourth-order valence-corrected chi connectivity index (χ4v) is 4.31. The Labute approximate surface area is 214 Å². The molecule has 11 heteroatoms. The lowest BCUT2D eigenvalue weighted by atomic mass is 10.0. The molecule has 3 aromatic rings. The Morgan fingerprint density at radius 2 is 1.62 bits per heavy atom. The van der Waals surface area contributed by atoms with Gasteiger partial charge in [-0.05, 0) is 65.9 Å². The average Bonchev–Trinajstić information content (AvgIpc) is 2.82. The summed E-state index contributed by atoms with van der Waals surface area (Å²) in [6, 6.07) is 14.8. The minimum Gasteiger partial charge on any atom is -0.390 e. The maximum Gasteiger partial charge on any atom is 0.396 e. The summed E-state index contributed by atoms with van der Waals surface area (Å²) in [5.74, 6) is -2.01. The second-order valence-electron chi connectivity index (χ2n) is 8.69. The van der Waals surface area contributed by atoms with Crippen LogP contribution in [0.5, 0.6) is 0 Å². The van der Waals surface area contributed by atoms with Crippen LogP contribution in [0, 0.1) is 11.6 Å². The average molecular weight is 536 g/mol. The van der Waals surface area contributed by atoms with Crippen LogP contribution < -0.4 is 10.5 Å². The van der Waals surface area contributed by atoms with Crippen molar-refractivity contribution in [3.8, 4) is 0 Å². The third-order valence-corrected chi connectivity index (χ3v) is 6.21. The third kappa shape index (κ3) is 8.59. The minimum absolute atomic E-state index is 0.0265. The van der Waals surface area contributed by atoms with Crippen molar-refractivity contribution < 1.29 is 31.0 Å². The van der Waals surface area contributed by atoms with Crippen molar-refractivity contribution in [2.75, 3.05) is 11.3 Å². The molecule has 198 valence electrons. The Hall–Kier alpha value is -3.41. The van der Waals surface area contributed by atoms with Crippen LogP contribution in [0.4, 0.5) is 18.4 Å². The van der Waals surface area contributed by atoms with E-state index >= 15 is 0 Å². The first-order valence-corrected chi connectivity index (χ1v) is 12.9. The zero-order valence-corrected chi connectivity index (χ0v) is 20.9. The van der Waals surface area contributed by atoms with E-state index in [9.17, 15) is 31.0 Å². The van der Waals surface area contributed by atoms with Crippen molar-refractivity contribution >= 4 is 22.0 Å². The van der Waals surface area contributed by atoms with Gasteiger partial charge in [0.15, 0.2) is 0 Å². The Kier molecular flexibility index (Phi) is 9.30. The molecule has 0 aliphatic rings. The van der Waals surface area contributed by atoms with Crippen molar-refractivity contribution in [2.45, 2.75) is 38.5 Å². The first-order chi connectivity index (χ1) is 17.4. The number of nitrogens with one attached hydrogen (secondary N) is 1. The highest BCUT2D eigenvalue weighted by molar-refractivity contribution is 7.87. The van der Waals surface area contributed by atoms with Crippen LogP contribution in [-0.2, 0) is 29.8 Å². The summed E-state index contributed by atoms with van der Waals surface area (Å²) < 4.78 is 63.3. The molecule has 3 rings (SSSR count). The summed E-state index contributed by atoms with van der Waals surface area (Å²) >= 11 is 0. The number of carbonyl (C=O) groups is 1. The van der Waals surface area contributed by atoms with E-state index in [0.717, 1.165) is 35.7 Å². The van der Waals surface area contributed by atoms with Crippen molar-refractivity contribution in [2.24, 2.45) is 5.73 Å². The summed E-state index contributed by atoms with van der Waals surface area (Å²) in [7, 11) is -4.97. The molecule has 1 amide bonds. The van der Waals surface area contributed by atoms with Gasteiger partial charge in [-0.2, -0.15) is 8.42 Å². The molecule has 0 heterocycles. The molecule has 0 saturated heterocycles. The van der Waals surface area contributed by atoms with Crippen molar-refractivity contribution in [1.82, 2.24) is 4.90 Å². The number of nitrogens with two attached hydrogens (primary N) is 1. The molecule has 0 aliphatic heterocycles. The fourth-order valence-electron chi connectivity index (χ4n) is 3.89. The van der Waals surface area contributed by atoms with Gasteiger partial charge in [0, 0.05) is 30.8 Å². The predicted molar refractivity (Wildman–Crippen MR) is 135 cm³/mol. The number of amides is 1. The first kappa shape index (κ1) is 28.2. The van der Waals surface area contributed by atoms with Crippen LogP contribution in [0.15, 0.2) is 66.7 Å². The molecular weight excluding hydrogens is 507 g/mol. The SMILES string of the molecule is CCc1cccc(CN(C[C@@H](O)[C@@H](N)Cc2cc(F)cc(F)c2)C(=O)c2ccc(NS(=O)(=O)F)cc2)c1. The number of benzene rings is 3. The number of aliphatic hydroxyl groups is 1. The van der Waals surface area contributed by atoms with Gasteiger partial charge in [-0.25, -0.2) is 8.78 Å². The molecule has 0 aromatic heterocycles. The number of nitrogens with zero attached hydrogens (tertiary/aromatic N) is 1. The van der Waals surface area contributed by atoms with E-state index in [1.807, 2.05) is 31.2 Å². The number of aryl methyl sites for hydroxylation is 1. The van der Waals surface area contributed by atoms with Gasteiger partial charge in [0.05, 0.1) is 11.8 Å². The second-order valence-corrected chi connectivity index (χ2v) is 9.77. The molecule has 0 spiro atoms. The molecule has 3 aromatic carbocycles. The van der Waals surface area contributed by atoms with Crippen LogP contribution in [0.3, 0.4) is 0 Å². The predicted octanol–water partition coefficient (Wildman–Crippen LogP) is 3.73. The third-order valence-electron chi connectivity index (χ3n) is 5.73. The number of hydrogen-bond acceptors (Lipinski definition) is 5. The molecule has 37 heavy (non-hydrogen) atoms. The van der Waals surface area contributed by atoms with Crippen LogP contribution in [0.1, 0.15) is 34.0 Å². The van der Waals surface area contributed by atoms with Gasteiger partial charge in [-0.1, -0.05) is 35.1 Å². The lowest BCUT2D eigenvalue weighted by Gasteiger charge is -2.28. The quantitative estimate of drug-likeness (QED) is 0.324. The van der Waals surface area contributed by atoms with E-state index in [0.29, 0.717) is 0 Å². The monoisotopic (exact) mass is 535 g/mol. The number of halogens is 3. The van der Waals surface area contributed by atoms with Gasteiger partial charge >= 0.3 is 10.4 Å². The van der Waals surface area contributed by atoms with Crippen LogP contribution in [0.2, 0.25) is 0 Å². The van der Waals surface area contributed by atoms with Gasteiger partial charge in [0.1, 0.15) is 11.6 Å². The molecule has 2 atom stereocenters. The maximum absolute atomic E-state index is 13.6. The molecule has 7 nitrogen and oxygen atoms in total. The number of hydrogen-bond donors (Lipinski definition) is 3. The van der Waals surface area contributed by atoms with E-state index < -0.39 is 40.1 Å². The molecular formula is C26H28F3N3O4S. The van der Waals surface area contributed by atoms with Gasteiger partial charge in [-0.3, -0.25) is 9.52 Å². The molecule has 0 bridgehead atoms. The lowest BCUT2D eigenvalue weighted by Crippen LogP contribution is -2.46. The summed E-state index contributed by atoms with van der Waals surface area (Å²) in [4.78, 5) is 14.7.